The van der Waals surface area contributed by atoms with Gasteiger partial charge in [-0.3, -0.25) is 20.0 Å². The fraction of sp³-hybridized carbons (Fsp3) is 0.308. The fourth-order valence-electron chi connectivity index (χ4n) is 1.78. The quantitative estimate of drug-likeness (QED) is 0.490. The number of hydrogen-bond donors (Lipinski definition) is 1. The number of hydrogen-bond acceptors (Lipinski definition) is 5. The van der Waals surface area contributed by atoms with E-state index in [-0.39, 0.29) is 18.1 Å². The van der Waals surface area contributed by atoms with Crippen LogP contribution in [0, 0.1) is 0 Å². The summed E-state index contributed by atoms with van der Waals surface area (Å²) in [5, 5.41) is 1.70. The minimum Gasteiger partial charge on any atom is -0.460 e. The van der Waals surface area contributed by atoms with Gasteiger partial charge in [0.25, 0.3) is 5.78 Å². The molecular formula is C13H14N2O4. The summed E-state index contributed by atoms with van der Waals surface area (Å²) in [5.74, 6) is -1.56. The summed E-state index contributed by atoms with van der Waals surface area (Å²) >= 11 is 0. The molecule has 6 nitrogen and oxygen atoms in total. The summed E-state index contributed by atoms with van der Waals surface area (Å²) in [4.78, 5) is 34.0. The SMILES string of the molecule is CCOC(=O)C(=O)c1ccc(N2CCC(=O)N2)cc1. The summed E-state index contributed by atoms with van der Waals surface area (Å²) < 4.78 is 4.65. The van der Waals surface area contributed by atoms with Gasteiger partial charge in [-0.2, -0.15) is 0 Å². The maximum absolute atomic E-state index is 11.7. The lowest BCUT2D eigenvalue weighted by Gasteiger charge is -2.17. The Balaban J connectivity index is 2.08. The number of esters is 1. The van der Waals surface area contributed by atoms with Crippen LogP contribution in [-0.2, 0) is 14.3 Å². The van der Waals surface area contributed by atoms with Crippen LogP contribution >= 0.6 is 0 Å². The van der Waals surface area contributed by atoms with E-state index in [1.165, 1.54) is 0 Å². The van der Waals surface area contributed by atoms with E-state index in [4.69, 9.17) is 0 Å². The normalized spacial score (nSPS) is 14.2. The van der Waals surface area contributed by atoms with Gasteiger partial charge in [0.1, 0.15) is 0 Å². The van der Waals surface area contributed by atoms with Crippen LogP contribution in [0.5, 0.6) is 0 Å². The maximum Gasteiger partial charge on any atom is 0.379 e. The zero-order valence-corrected chi connectivity index (χ0v) is 10.5. The number of carbonyl (C=O) groups is 3. The van der Waals surface area contributed by atoms with E-state index in [2.05, 4.69) is 10.2 Å². The Hall–Kier alpha value is -2.37. The summed E-state index contributed by atoms with van der Waals surface area (Å²) in [5.41, 5.74) is 3.72. The van der Waals surface area contributed by atoms with Crippen LogP contribution in [0.15, 0.2) is 24.3 Å². The van der Waals surface area contributed by atoms with Crippen molar-refractivity contribution >= 4 is 23.3 Å². The van der Waals surface area contributed by atoms with E-state index in [0.717, 1.165) is 5.69 Å². The molecule has 1 aliphatic rings. The first-order chi connectivity index (χ1) is 9.11. The van der Waals surface area contributed by atoms with Crippen LogP contribution in [0.2, 0.25) is 0 Å². The highest BCUT2D eigenvalue weighted by atomic mass is 16.5. The lowest BCUT2D eigenvalue weighted by Crippen LogP contribution is -2.32. The van der Waals surface area contributed by atoms with Crippen LogP contribution in [-0.4, -0.2) is 30.8 Å². The molecule has 0 unspecified atom stereocenters. The Kier molecular flexibility index (Phi) is 3.79. The average Bonchev–Trinajstić information content (AvgIpc) is 2.85. The Bertz CT molecular complexity index is 510. The number of hydrazine groups is 1. The molecule has 6 heteroatoms. The molecule has 0 saturated carbocycles. The molecule has 1 aromatic rings. The molecule has 100 valence electrons. The third-order valence-corrected chi connectivity index (χ3v) is 2.72. The number of anilines is 1. The number of Topliss-reactive ketones (excluding diaryl/α,β-unsaturated/α-hetero) is 1. The van der Waals surface area contributed by atoms with Crippen molar-refractivity contribution in [1.29, 1.82) is 0 Å². The molecular weight excluding hydrogens is 248 g/mol. The highest BCUT2D eigenvalue weighted by Gasteiger charge is 2.20. The van der Waals surface area contributed by atoms with Crippen LogP contribution in [0.3, 0.4) is 0 Å². The summed E-state index contributed by atoms with van der Waals surface area (Å²) in [6.45, 7) is 2.40. The average molecular weight is 262 g/mol. The third-order valence-electron chi connectivity index (χ3n) is 2.72. The standard InChI is InChI=1S/C13H14N2O4/c1-2-19-13(18)12(17)9-3-5-10(6-4-9)15-8-7-11(16)14-15/h3-6H,2,7-8H2,1H3,(H,14,16). The summed E-state index contributed by atoms with van der Waals surface area (Å²) in [7, 11) is 0. The Morgan fingerprint density at radius 1 is 1.32 bits per heavy atom. The molecule has 1 N–H and O–H groups in total. The second kappa shape index (κ2) is 5.51. The van der Waals surface area contributed by atoms with Gasteiger partial charge >= 0.3 is 5.97 Å². The largest absolute Gasteiger partial charge is 0.460 e. The lowest BCUT2D eigenvalue weighted by atomic mass is 10.1. The highest BCUT2D eigenvalue weighted by Crippen LogP contribution is 2.17. The first-order valence-corrected chi connectivity index (χ1v) is 6.00. The van der Waals surface area contributed by atoms with Gasteiger partial charge in [0.2, 0.25) is 5.91 Å². The first kappa shape index (κ1) is 13.1. The van der Waals surface area contributed by atoms with Crippen molar-refractivity contribution in [2.45, 2.75) is 13.3 Å². The van der Waals surface area contributed by atoms with Crippen LogP contribution < -0.4 is 10.4 Å². The van der Waals surface area contributed by atoms with E-state index in [9.17, 15) is 14.4 Å². The minimum absolute atomic E-state index is 0.0355. The van der Waals surface area contributed by atoms with Gasteiger partial charge in [0.15, 0.2) is 0 Å². The van der Waals surface area contributed by atoms with Crippen molar-refractivity contribution in [3.8, 4) is 0 Å². The number of nitrogens with one attached hydrogen (secondary N) is 1. The molecule has 0 bridgehead atoms. The number of amides is 1. The number of ketones is 1. The predicted molar refractivity (Wildman–Crippen MR) is 67.5 cm³/mol. The molecule has 0 atom stereocenters. The molecule has 0 aliphatic carbocycles. The fourth-order valence-corrected chi connectivity index (χ4v) is 1.78. The molecule has 19 heavy (non-hydrogen) atoms. The molecule has 0 aromatic heterocycles. The smallest absolute Gasteiger partial charge is 0.379 e. The van der Waals surface area contributed by atoms with Gasteiger partial charge in [-0.1, -0.05) is 0 Å². The van der Waals surface area contributed by atoms with Crippen LogP contribution in [0.1, 0.15) is 23.7 Å². The molecule has 1 fully saturated rings. The minimum atomic E-state index is -0.857. The van der Waals surface area contributed by atoms with Crippen molar-refractivity contribution in [1.82, 2.24) is 5.43 Å². The third kappa shape index (κ3) is 2.90. The highest BCUT2D eigenvalue weighted by molar-refractivity contribution is 6.40. The molecule has 0 radical (unpaired) electrons. The van der Waals surface area contributed by atoms with Gasteiger partial charge in [-0.15, -0.1) is 0 Å². The van der Waals surface area contributed by atoms with Gasteiger partial charge in [0, 0.05) is 18.5 Å². The molecule has 2 rings (SSSR count). The molecule has 1 aliphatic heterocycles. The van der Waals surface area contributed by atoms with Crippen LogP contribution in [0.25, 0.3) is 0 Å². The topological polar surface area (TPSA) is 75.7 Å². The monoisotopic (exact) mass is 262 g/mol. The Morgan fingerprint density at radius 2 is 2.00 bits per heavy atom. The number of rotatable bonds is 4. The van der Waals surface area contributed by atoms with Crippen molar-refractivity contribution < 1.29 is 19.1 Å². The summed E-state index contributed by atoms with van der Waals surface area (Å²) in [6, 6.07) is 6.44. The molecule has 1 aromatic carbocycles. The van der Waals surface area contributed by atoms with E-state index < -0.39 is 11.8 Å². The van der Waals surface area contributed by atoms with E-state index in [1.807, 2.05) is 0 Å². The Morgan fingerprint density at radius 3 is 2.53 bits per heavy atom. The molecule has 0 spiro atoms. The van der Waals surface area contributed by atoms with E-state index in [0.29, 0.717) is 13.0 Å². The zero-order chi connectivity index (χ0) is 13.8. The van der Waals surface area contributed by atoms with Gasteiger partial charge < -0.3 is 4.74 Å². The predicted octanol–water partition coefficient (Wildman–Crippen LogP) is 0.674. The summed E-state index contributed by atoms with van der Waals surface area (Å²) in [6.07, 6.45) is 0.448. The van der Waals surface area contributed by atoms with Crippen LogP contribution in [0.4, 0.5) is 5.69 Å². The lowest BCUT2D eigenvalue weighted by molar-refractivity contribution is -0.137. The second-order valence-corrected chi connectivity index (χ2v) is 4.03. The number of benzene rings is 1. The van der Waals surface area contributed by atoms with Gasteiger partial charge in [0.05, 0.1) is 12.3 Å². The van der Waals surface area contributed by atoms with Gasteiger partial charge in [-0.25, -0.2) is 4.79 Å². The van der Waals surface area contributed by atoms with Crippen molar-refractivity contribution in [3.63, 3.8) is 0 Å². The van der Waals surface area contributed by atoms with Crippen molar-refractivity contribution in [2.24, 2.45) is 0 Å². The van der Waals surface area contributed by atoms with Gasteiger partial charge in [-0.05, 0) is 31.2 Å². The second-order valence-electron chi connectivity index (χ2n) is 4.03. The molecule has 1 heterocycles. The first-order valence-electron chi connectivity index (χ1n) is 6.00. The number of carbonyl (C=O) groups excluding carboxylic acids is 3. The van der Waals surface area contributed by atoms with E-state index >= 15 is 0 Å². The van der Waals surface area contributed by atoms with Crippen molar-refractivity contribution in [2.75, 3.05) is 18.2 Å². The zero-order valence-electron chi connectivity index (χ0n) is 10.5. The maximum atomic E-state index is 11.7. The number of ether oxygens (including phenoxy) is 1. The molecule has 1 amide bonds. The Labute approximate surface area is 110 Å². The van der Waals surface area contributed by atoms with Crippen molar-refractivity contribution in [3.05, 3.63) is 29.8 Å². The number of nitrogens with zero attached hydrogens (tertiary/aromatic N) is 1. The molecule has 1 saturated heterocycles. The van der Waals surface area contributed by atoms with E-state index in [1.54, 1.807) is 36.2 Å².